The Kier molecular flexibility index (Phi) is 4.15. The van der Waals surface area contributed by atoms with Crippen LogP contribution in [0.4, 0.5) is 5.69 Å². The monoisotopic (exact) mass is 269 g/mol. The highest BCUT2D eigenvalue weighted by Crippen LogP contribution is 2.18. The molecule has 2 aromatic rings. The fraction of sp³-hybridized carbons (Fsp3) is 0.125. The standard InChI is InChI=1S/C16H15NO3/c1-11-6-2-4-8-13(11)16(20)17-14-9-5-3-7-12(14)10-15(18)19/h2-9H,10H2,1H3,(H,17,20)(H,18,19). The molecule has 0 spiro atoms. The van der Waals surface area contributed by atoms with E-state index < -0.39 is 5.97 Å². The van der Waals surface area contributed by atoms with E-state index in [0.29, 0.717) is 16.8 Å². The minimum Gasteiger partial charge on any atom is -0.481 e. The topological polar surface area (TPSA) is 66.4 Å². The van der Waals surface area contributed by atoms with Crippen LogP contribution in [0.5, 0.6) is 0 Å². The van der Waals surface area contributed by atoms with Crippen molar-refractivity contribution in [2.75, 3.05) is 5.32 Å². The molecular weight excluding hydrogens is 254 g/mol. The van der Waals surface area contributed by atoms with Gasteiger partial charge in [0.2, 0.25) is 0 Å². The highest BCUT2D eigenvalue weighted by Gasteiger charge is 2.12. The van der Waals surface area contributed by atoms with E-state index in [-0.39, 0.29) is 12.3 Å². The van der Waals surface area contributed by atoms with Gasteiger partial charge >= 0.3 is 5.97 Å². The molecule has 2 N–H and O–H groups in total. The summed E-state index contributed by atoms with van der Waals surface area (Å²) in [6.45, 7) is 1.86. The minimum atomic E-state index is -0.928. The molecule has 4 nitrogen and oxygen atoms in total. The Balaban J connectivity index is 2.24. The predicted octanol–water partition coefficient (Wildman–Crippen LogP) is 2.87. The van der Waals surface area contributed by atoms with Crippen LogP contribution in [0, 0.1) is 6.92 Å². The smallest absolute Gasteiger partial charge is 0.307 e. The molecule has 0 radical (unpaired) electrons. The van der Waals surface area contributed by atoms with Gasteiger partial charge in [0.1, 0.15) is 0 Å². The summed E-state index contributed by atoms with van der Waals surface area (Å²) in [7, 11) is 0. The number of anilines is 1. The first-order valence-corrected chi connectivity index (χ1v) is 6.24. The van der Waals surface area contributed by atoms with Gasteiger partial charge in [0, 0.05) is 11.3 Å². The Bertz CT molecular complexity index is 650. The minimum absolute atomic E-state index is 0.121. The quantitative estimate of drug-likeness (QED) is 0.896. The van der Waals surface area contributed by atoms with Crippen LogP contribution in [-0.4, -0.2) is 17.0 Å². The van der Waals surface area contributed by atoms with E-state index in [1.54, 1.807) is 36.4 Å². The number of hydrogen-bond donors (Lipinski definition) is 2. The van der Waals surface area contributed by atoms with Crippen molar-refractivity contribution in [3.05, 3.63) is 65.2 Å². The Hall–Kier alpha value is -2.62. The third kappa shape index (κ3) is 3.23. The van der Waals surface area contributed by atoms with Crippen LogP contribution in [0.3, 0.4) is 0 Å². The van der Waals surface area contributed by atoms with Crippen molar-refractivity contribution in [2.24, 2.45) is 0 Å². The predicted molar refractivity (Wildman–Crippen MR) is 76.9 cm³/mol. The molecule has 0 aliphatic heterocycles. The van der Waals surface area contributed by atoms with Crippen molar-refractivity contribution in [3.8, 4) is 0 Å². The van der Waals surface area contributed by atoms with Gasteiger partial charge in [0.05, 0.1) is 6.42 Å². The second-order valence-electron chi connectivity index (χ2n) is 4.50. The zero-order valence-corrected chi connectivity index (χ0v) is 11.1. The van der Waals surface area contributed by atoms with Crippen molar-refractivity contribution in [2.45, 2.75) is 13.3 Å². The highest BCUT2D eigenvalue weighted by atomic mass is 16.4. The van der Waals surface area contributed by atoms with E-state index in [1.807, 2.05) is 19.1 Å². The second-order valence-corrected chi connectivity index (χ2v) is 4.50. The van der Waals surface area contributed by atoms with Crippen LogP contribution in [-0.2, 0) is 11.2 Å². The lowest BCUT2D eigenvalue weighted by Crippen LogP contribution is -2.15. The maximum absolute atomic E-state index is 12.2. The molecule has 0 bridgehead atoms. The molecule has 0 unspecified atom stereocenters. The molecule has 0 fully saturated rings. The normalized spacial score (nSPS) is 10.1. The lowest BCUT2D eigenvalue weighted by Gasteiger charge is -2.11. The Morgan fingerprint density at radius 1 is 1.05 bits per heavy atom. The van der Waals surface area contributed by atoms with Crippen molar-refractivity contribution < 1.29 is 14.7 Å². The Labute approximate surface area is 117 Å². The summed E-state index contributed by atoms with van der Waals surface area (Å²) in [5.41, 5.74) is 2.57. The number of carboxylic acids is 1. The van der Waals surface area contributed by atoms with Crippen LogP contribution in [0.15, 0.2) is 48.5 Å². The first-order valence-electron chi connectivity index (χ1n) is 6.24. The summed E-state index contributed by atoms with van der Waals surface area (Å²) in [6, 6.07) is 14.2. The summed E-state index contributed by atoms with van der Waals surface area (Å²) in [5.74, 6) is -1.16. The highest BCUT2D eigenvalue weighted by molar-refractivity contribution is 6.05. The van der Waals surface area contributed by atoms with E-state index >= 15 is 0 Å². The van der Waals surface area contributed by atoms with Gasteiger partial charge in [0.15, 0.2) is 0 Å². The van der Waals surface area contributed by atoms with E-state index in [4.69, 9.17) is 5.11 Å². The van der Waals surface area contributed by atoms with Crippen molar-refractivity contribution in [1.82, 2.24) is 0 Å². The van der Waals surface area contributed by atoms with E-state index in [1.165, 1.54) is 0 Å². The first-order chi connectivity index (χ1) is 9.58. The fourth-order valence-electron chi connectivity index (χ4n) is 1.98. The fourth-order valence-corrected chi connectivity index (χ4v) is 1.98. The van der Waals surface area contributed by atoms with Gasteiger partial charge in [-0.2, -0.15) is 0 Å². The number of carbonyl (C=O) groups is 2. The summed E-state index contributed by atoms with van der Waals surface area (Å²) < 4.78 is 0. The summed E-state index contributed by atoms with van der Waals surface area (Å²) in [4.78, 5) is 23.0. The van der Waals surface area contributed by atoms with Gasteiger partial charge in [-0.1, -0.05) is 36.4 Å². The van der Waals surface area contributed by atoms with E-state index in [9.17, 15) is 9.59 Å². The average Bonchev–Trinajstić information content (AvgIpc) is 2.41. The summed E-state index contributed by atoms with van der Waals surface area (Å²) in [6.07, 6.45) is -0.121. The number of aryl methyl sites for hydroxylation is 1. The summed E-state index contributed by atoms with van der Waals surface area (Å²) >= 11 is 0. The number of hydrogen-bond acceptors (Lipinski definition) is 2. The first kappa shape index (κ1) is 13.8. The number of rotatable bonds is 4. The molecule has 0 heterocycles. The molecule has 20 heavy (non-hydrogen) atoms. The number of carbonyl (C=O) groups excluding carboxylic acids is 1. The molecule has 2 aromatic carbocycles. The number of amides is 1. The van der Waals surface area contributed by atoms with Crippen LogP contribution in [0.1, 0.15) is 21.5 Å². The van der Waals surface area contributed by atoms with Crippen molar-refractivity contribution >= 4 is 17.6 Å². The Morgan fingerprint density at radius 3 is 2.40 bits per heavy atom. The molecule has 2 rings (SSSR count). The molecule has 1 amide bonds. The van der Waals surface area contributed by atoms with Crippen LogP contribution in [0.2, 0.25) is 0 Å². The number of benzene rings is 2. The van der Waals surface area contributed by atoms with Gasteiger partial charge in [-0.3, -0.25) is 9.59 Å². The molecule has 0 saturated carbocycles. The lowest BCUT2D eigenvalue weighted by atomic mass is 10.1. The van der Waals surface area contributed by atoms with Gasteiger partial charge in [0.25, 0.3) is 5.91 Å². The van der Waals surface area contributed by atoms with Crippen LogP contribution in [0.25, 0.3) is 0 Å². The zero-order chi connectivity index (χ0) is 14.5. The molecule has 0 aliphatic rings. The third-order valence-electron chi connectivity index (χ3n) is 3.00. The van der Waals surface area contributed by atoms with Gasteiger partial charge < -0.3 is 10.4 Å². The molecular formula is C16H15NO3. The van der Waals surface area contributed by atoms with E-state index in [0.717, 1.165) is 5.56 Å². The SMILES string of the molecule is Cc1ccccc1C(=O)Nc1ccccc1CC(=O)O. The number of para-hydroxylation sites is 1. The molecule has 102 valence electrons. The van der Waals surface area contributed by atoms with Gasteiger partial charge in [-0.15, -0.1) is 0 Å². The maximum Gasteiger partial charge on any atom is 0.307 e. The second kappa shape index (κ2) is 6.02. The molecule has 4 heteroatoms. The summed E-state index contributed by atoms with van der Waals surface area (Å²) in [5, 5.41) is 11.6. The molecule has 0 saturated heterocycles. The van der Waals surface area contributed by atoms with Crippen molar-refractivity contribution in [3.63, 3.8) is 0 Å². The maximum atomic E-state index is 12.2. The van der Waals surface area contributed by atoms with Crippen LogP contribution >= 0.6 is 0 Å². The lowest BCUT2D eigenvalue weighted by molar-refractivity contribution is -0.136. The number of carboxylic acid groups (broad SMARTS) is 1. The van der Waals surface area contributed by atoms with E-state index in [2.05, 4.69) is 5.32 Å². The van der Waals surface area contributed by atoms with Gasteiger partial charge in [-0.25, -0.2) is 0 Å². The molecule has 0 aromatic heterocycles. The molecule has 0 aliphatic carbocycles. The van der Waals surface area contributed by atoms with Crippen molar-refractivity contribution in [1.29, 1.82) is 0 Å². The zero-order valence-electron chi connectivity index (χ0n) is 11.1. The number of nitrogens with one attached hydrogen (secondary N) is 1. The number of aliphatic carboxylic acids is 1. The Morgan fingerprint density at radius 2 is 1.70 bits per heavy atom. The third-order valence-corrected chi connectivity index (χ3v) is 3.00. The van der Waals surface area contributed by atoms with Gasteiger partial charge in [-0.05, 0) is 30.2 Å². The largest absolute Gasteiger partial charge is 0.481 e. The van der Waals surface area contributed by atoms with Crippen LogP contribution < -0.4 is 5.32 Å². The molecule has 0 atom stereocenters. The average molecular weight is 269 g/mol.